The van der Waals surface area contributed by atoms with E-state index in [-0.39, 0.29) is 5.92 Å². The summed E-state index contributed by atoms with van der Waals surface area (Å²) in [7, 11) is 0. The highest BCUT2D eigenvalue weighted by molar-refractivity contribution is 6.30. The van der Waals surface area contributed by atoms with Crippen molar-refractivity contribution in [2.24, 2.45) is 5.92 Å². The molecule has 5 nitrogen and oxygen atoms in total. The van der Waals surface area contributed by atoms with Crippen LogP contribution in [0.1, 0.15) is 37.9 Å². The topological polar surface area (TPSA) is 41.4 Å². The quantitative estimate of drug-likeness (QED) is 0.753. The second-order valence-corrected chi connectivity index (χ2v) is 7.52. The molecule has 1 aliphatic rings. The molecule has 0 spiro atoms. The van der Waals surface area contributed by atoms with E-state index < -0.39 is 0 Å². The van der Waals surface area contributed by atoms with E-state index in [1.54, 1.807) is 0 Å². The summed E-state index contributed by atoms with van der Waals surface area (Å²) in [6.07, 6.45) is 1.83. The minimum absolute atomic E-state index is 0.157. The maximum Gasteiger partial charge on any atom is 0.225 e. The third kappa shape index (κ3) is 4.36. The molecule has 0 aliphatic carbocycles. The van der Waals surface area contributed by atoms with Crippen molar-refractivity contribution in [2.45, 2.75) is 40.2 Å². The van der Waals surface area contributed by atoms with Crippen LogP contribution in [0, 0.1) is 12.8 Å². The van der Waals surface area contributed by atoms with E-state index in [9.17, 15) is 4.79 Å². The van der Waals surface area contributed by atoms with Crippen LogP contribution in [0.5, 0.6) is 0 Å². The molecule has 0 atom stereocenters. The van der Waals surface area contributed by atoms with Crippen molar-refractivity contribution in [3.8, 4) is 5.69 Å². The molecule has 0 bridgehead atoms. The summed E-state index contributed by atoms with van der Waals surface area (Å²) in [5.74, 6) is 0.468. The van der Waals surface area contributed by atoms with E-state index >= 15 is 0 Å². The van der Waals surface area contributed by atoms with Crippen molar-refractivity contribution < 1.29 is 4.79 Å². The van der Waals surface area contributed by atoms with Gasteiger partial charge in [0.2, 0.25) is 5.91 Å². The predicted molar refractivity (Wildman–Crippen MR) is 109 cm³/mol. The highest BCUT2D eigenvalue weighted by Gasteiger charge is 2.28. The molecule has 1 aromatic carbocycles. The van der Waals surface area contributed by atoms with Gasteiger partial charge in [-0.05, 0) is 58.8 Å². The van der Waals surface area contributed by atoms with Gasteiger partial charge in [0, 0.05) is 31.1 Å². The Morgan fingerprint density at radius 2 is 1.81 bits per heavy atom. The minimum atomic E-state index is 0.157. The van der Waals surface area contributed by atoms with Crippen LogP contribution in [0.4, 0.5) is 0 Å². The highest BCUT2D eigenvalue weighted by Crippen LogP contribution is 2.27. The van der Waals surface area contributed by atoms with Gasteiger partial charge in [0.1, 0.15) is 5.15 Å². The number of hydrogen-bond acceptors (Lipinski definition) is 3. The first-order valence-electron chi connectivity index (χ1n) is 9.85. The number of carbonyl (C=O) groups excluding carboxylic acids is 1. The van der Waals surface area contributed by atoms with Gasteiger partial charge < -0.3 is 4.90 Å². The van der Waals surface area contributed by atoms with Gasteiger partial charge in [0.05, 0.1) is 11.4 Å². The zero-order chi connectivity index (χ0) is 19.4. The second-order valence-electron chi connectivity index (χ2n) is 7.16. The first-order valence-corrected chi connectivity index (χ1v) is 10.2. The maximum atomic E-state index is 12.6. The lowest BCUT2D eigenvalue weighted by Gasteiger charge is -2.33. The van der Waals surface area contributed by atoms with E-state index in [2.05, 4.69) is 10.00 Å². The molecule has 1 aromatic heterocycles. The lowest BCUT2D eigenvalue weighted by molar-refractivity contribution is -0.136. The Morgan fingerprint density at radius 1 is 1.19 bits per heavy atom. The molecule has 2 heterocycles. The van der Waals surface area contributed by atoms with Gasteiger partial charge in [-0.1, -0.05) is 29.8 Å². The van der Waals surface area contributed by atoms with E-state index in [1.165, 1.54) is 0 Å². The Labute approximate surface area is 166 Å². The number of para-hydroxylation sites is 1. The van der Waals surface area contributed by atoms with Crippen LogP contribution in [0.2, 0.25) is 5.15 Å². The number of amides is 1. The first kappa shape index (κ1) is 19.9. The number of likely N-dealkylation sites (tertiary alicyclic amines) is 1. The fraction of sp³-hybridized carbons (Fsp3) is 0.524. The third-order valence-corrected chi connectivity index (χ3v) is 5.90. The van der Waals surface area contributed by atoms with Crippen LogP contribution in [0.15, 0.2) is 30.3 Å². The number of halogens is 1. The van der Waals surface area contributed by atoms with Crippen LogP contribution in [-0.2, 0) is 11.3 Å². The average molecular weight is 389 g/mol. The summed E-state index contributed by atoms with van der Waals surface area (Å²) in [4.78, 5) is 16.9. The first-order chi connectivity index (χ1) is 13.0. The number of nitrogens with zero attached hydrogens (tertiary/aromatic N) is 4. The molecular formula is C21H29ClN4O. The predicted octanol–water partition coefficient (Wildman–Crippen LogP) is 3.91. The van der Waals surface area contributed by atoms with E-state index in [1.807, 2.05) is 60.7 Å². The zero-order valence-corrected chi connectivity index (χ0v) is 17.2. The molecule has 1 aliphatic heterocycles. The molecule has 0 N–H and O–H groups in total. The Hall–Kier alpha value is -1.85. The van der Waals surface area contributed by atoms with Crippen molar-refractivity contribution in [2.75, 3.05) is 26.2 Å². The van der Waals surface area contributed by atoms with Crippen LogP contribution < -0.4 is 0 Å². The van der Waals surface area contributed by atoms with Crippen LogP contribution >= 0.6 is 11.6 Å². The van der Waals surface area contributed by atoms with Gasteiger partial charge in [-0.15, -0.1) is 0 Å². The Kier molecular flexibility index (Phi) is 6.55. The smallest absolute Gasteiger partial charge is 0.225 e. The van der Waals surface area contributed by atoms with Crippen molar-refractivity contribution in [1.29, 1.82) is 0 Å². The average Bonchev–Trinajstić information content (AvgIpc) is 2.98. The van der Waals surface area contributed by atoms with Crippen molar-refractivity contribution in [3.05, 3.63) is 46.7 Å². The van der Waals surface area contributed by atoms with Crippen LogP contribution in [-0.4, -0.2) is 51.7 Å². The molecule has 1 saturated heterocycles. The van der Waals surface area contributed by atoms with Gasteiger partial charge in [-0.3, -0.25) is 9.69 Å². The summed E-state index contributed by atoms with van der Waals surface area (Å²) in [6, 6.07) is 9.97. The normalized spacial score (nSPS) is 15.9. The van der Waals surface area contributed by atoms with E-state index in [4.69, 9.17) is 11.6 Å². The maximum absolute atomic E-state index is 12.6. The molecule has 3 rings (SSSR count). The standard InChI is InChI=1S/C21H29ClN4O/c1-4-25(5-2)21(27)17-11-13-24(14-12-17)15-19-16(3)23-26(20(19)22)18-9-7-6-8-10-18/h6-10,17H,4-5,11-15H2,1-3H3. The SMILES string of the molecule is CCN(CC)C(=O)C1CCN(Cc2c(C)nn(-c3ccccc3)c2Cl)CC1. The van der Waals surface area contributed by atoms with Gasteiger partial charge in [0.15, 0.2) is 0 Å². The second kappa shape index (κ2) is 8.89. The fourth-order valence-electron chi connectivity index (χ4n) is 3.81. The van der Waals surface area contributed by atoms with Gasteiger partial charge >= 0.3 is 0 Å². The summed E-state index contributed by atoms with van der Waals surface area (Å²) < 4.78 is 1.81. The largest absolute Gasteiger partial charge is 0.343 e. The Morgan fingerprint density at radius 3 is 2.41 bits per heavy atom. The number of aromatic nitrogens is 2. The van der Waals surface area contributed by atoms with Crippen molar-refractivity contribution in [1.82, 2.24) is 19.6 Å². The van der Waals surface area contributed by atoms with E-state index in [0.29, 0.717) is 11.1 Å². The number of benzene rings is 1. The summed E-state index contributed by atoms with van der Waals surface area (Å²) in [5.41, 5.74) is 3.01. The molecule has 2 aromatic rings. The molecule has 1 amide bonds. The summed E-state index contributed by atoms with van der Waals surface area (Å²) in [5, 5.41) is 5.31. The number of rotatable bonds is 6. The summed E-state index contributed by atoms with van der Waals surface area (Å²) in [6.45, 7) is 10.3. The Balaban J connectivity index is 1.64. The molecule has 27 heavy (non-hydrogen) atoms. The lowest BCUT2D eigenvalue weighted by atomic mass is 9.95. The number of piperidine rings is 1. The van der Waals surface area contributed by atoms with Gasteiger partial charge in [0.25, 0.3) is 0 Å². The van der Waals surface area contributed by atoms with Crippen molar-refractivity contribution in [3.63, 3.8) is 0 Å². The Bertz CT molecular complexity index is 762. The molecule has 146 valence electrons. The molecular weight excluding hydrogens is 360 g/mol. The van der Waals surface area contributed by atoms with Gasteiger partial charge in [-0.2, -0.15) is 5.10 Å². The van der Waals surface area contributed by atoms with Gasteiger partial charge in [-0.25, -0.2) is 4.68 Å². The van der Waals surface area contributed by atoms with Crippen LogP contribution in [0.25, 0.3) is 5.69 Å². The zero-order valence-electron chi connectivity index (χ0n) is 16.5. The minimum Gasteiger partial charge on any atom is -0.343 e. The molecule has 6 heteroatoms. The molecule has 0 radical (unpaired) electrons. The highest BCUT2D eigenvalue weighted by atomic mass is 35.5. The number of carbonyl (C=O) groups is 1. The summed E-state index contributed by atoms with van der Waals surface area (Å²) >= 11 is 6.65. The van der Waals surface area contributed by atoms with E-state index in [0.717, 1.165) is 62.5 Å². The monoisotopic (exact) mass is 388 g/mol. The number of aryl methyl sites for hydroxylation is 1. The fourth-order valence-corrected chi connectivity index (χ4v) is 4.14. The molecule has 1 fully saturated rings. The molecule has 0 saturated carbocycles. The van der Waals surface area contributed by atoms with Crippen LogP contribution in [0.3, 0.4) is 0 Å². The third-order valence-electron chi connectivity index (χ3n) is 5.52. The molecule has 0 unspecified atom stereocenters. The van der Waals surface area contributed by atoms with Crippen molar-refractivity contribution >= 4 is 17.5 Å². The lowest BCUT2D eigenvalue weighted by Crippen LogP contribution is -2.42. The number of hydrogen-bond donors (Lipinski definition) is 0.